The van der Waals surface area contributed by atoms with E-state index in [-0.39, 0.29) is 11.9 Å². The third kappa shape index (κ3) is 5.28. The van der Waals surface area contributed by atoms with Crippen LogP contribution in [0.3, 0.4) is 0 Å². The van der Waals surface area contributed by atoms with Crippen molar-refractivity contribution >= 4 is 17.3 Å². The lowest BCUT2D eigenvalue weighted by atomic mass is 10.1. The average Bonchev–Trinajstić information content (AvgIpc) is 3.17. The van der Waals surface area contributed by atoms with Gasteiger partial charge in [0.05, 0.1) is 25.9 Å². The Hall–Kier alpha value is -1.92. The van der Waals surface area contributed by atoms with Crippen LogP contribution in [0.15, 0.2) is 47.1 Å². The molecule has 0 aliphatic carbocycles. The molecule has 2 aromatic rings. The zero-order valence-corrected chi connectivity index (χ0v) is 15.1. The largest absolute Gasteiger partial charge is 0.463 e. The second-order valence-electron chi connectivity index (χ2n) is 6.48. The first-order valence-electron chi connectivity index (χ1n) is 8.86. The number of halogens is 1. The fraction of sp³-hybridized carbons (Fsp3) is 0.421. The number of furan rings is 1. The Kier molecular flexibility index (Phi) is 6.42. The van der Waals surface area contributed by atoms with Crippen molar-refractivity contribution < 1.29 is 13.7 Å². The van der Waals surface area contributed by atoms with E-state index in [9.17, 15) is 4.39 Å². The zero-order chi connectivity index (χ0) is 17.5. The summed E-state index contributed by atoms with van der Waals surface area (Å²) in [6.07, 6.45) is 5.58. The maximum Gasteiger partial charge on any atom is 0.166 e. The number of benzene rings is 1. The van der Waals surface area contributed by atoms with Crippen molar-refractivity contribution in [3.05, 3.63) is 59.8 Å². The van der Waals surface area contributed by atoms with E-state index >= 15 is 0 Å². The summed E-state index contributed by atoms with van der Waals surface area (Å²) in [6.45, 7) is 3.65. The Bertz CT molecular complexity index is 654. The normalized spacial score (nSPS) is 16.4. The van der Waals surface area contributed by atoms with Crippen LogP contribution >= 0.6 is 12.2 Å². The number of quaternary nitrogens is 1. The molecule has 4 nitrogen and oxygen atoms in total. The smallest absolute Gasteiger partial charge is 0.166 e. The molecule has 1 aliphatic heterocycles. The minimum Gasteiger partial charge on any atom is -0.463 e. The standard InChI is InChI=1S/C19H24FN3OS/c20-16-8-6-15(7-9-16)13-21-19(25)22-14-17(18-5-4-12-24-18)23-10-2-1-3-11-23/h4-9,12,17H,1-3,10-11,13-14H2,(H2,21,22,25)/p+1/t17-/m0/s1. The summed E-state index contributed by atoms with van der Waals surface area (Å²) in [7, 11) is 0. The number of rotatable bonds is 6. The number of thiocarbonyl (C=S) groups is 1. The van der Waals surface area contributed by atoms with Gasteiger partial charge in [-0.1, -0.05) is 12.1 Å². The van der Waals surface area contributed by atoms with Crippen molar-refractivity contribution in [2.75, 3.05) is 19.6 Å². The highest BCUT2D eigenvalue weighted by Crippen LogP contribution is 2.11. The summed E-state index contributed by atoms with van der Waals surface area (Å²) < 4.78 is 18.6. The van der Waals surface area contributed by atoms with Crippen molar-refractivity contribution in [1.29, 1.82) is 0 Å². The van der Waals surface area contributed by atoms with E-state index < -0.39 is 0 Å². The van der Waals surface area contributed by atoms with Gasteiger partial charge in [-0.25, -0.2) is 4.39 Å². The number of hydrogen-bond donors (Lipinski definition) is 3. The van der Waals surface area contributed by atoms with Crippen molar-refractivity contribution in [3.8, 4) is 0 Å². The molecule has 6 heteroatoms. The van der Waals surface area contributed by atoms with Crippen LogP contribution in [-0.2, 0) is 6.54 Å². The zero-order valence-electron chi connectivity index (χ0n) is 14.3. The van der Waals surface area contributed by atoms with Gasteiger partial charge in [-0.15, -0.1) is 0 Å². The monoisotopic (exact) mass is 362 g/mol. The van der Waals surface area contributed by atoms with Gasteiger partial charge < -0.3 is 20.0 Å². The predicted molar refractivity (Wildman–Crippen MR) is 99.8 cm³/mol. The molecule has 1 atom stereocenters. The maximum atomic E-state index is 12.9. The van der Waals surface area contributed by atoms with Gasteiger partial charge in [0.15, 0.2) is 16.9 Å². The Balaban J connectivity index is 1.51. The summed E-state index contributed by atoms with van der Waals surface area (Å²) in [6, 6.07) is 10.7. The number of piperidine rings is 1. The molecular formula is C19H25FN3OS+. The lowest BCUT2D eigenvalue weighted by molar-refractivity contribution is -0.936. The second-order valence-corrected chi connectivity index (χ2v) is 6.89. The van der Waals surface area contributed by atoms with Gasteiger partial charge in [0.1, 0.15) is 5.82 Å². The quantitative estimate of drug-likeness (QED) is 0.689. The van der Waals surface area contributed by atoms with Crippen molar-refractivity contribution in [2.24, 2.45) is 0 Å². The molecule has 3 rings (SSSR count). The molecule has 0 bridgehead atoms. The first kappa shape index (κ1) is 17.9. The Morgan fingerprint density at radius 1 is 1.12 bits per heavy atom. The van der Waals surface area contributed by atoms with Gasteiger partial charge in [0.2, 0.25) is 0 Å². The van der Waals surface area contributed by atoms with Gasteiger partial charge >= 0.3 is 0 Å². The molecule has 1 fully saturated rings. The fourth-order valence-corrected chi connectivity index (χ4v) is 3.49. The van der Waals surface area contributed by atoms with Crippen molar-refractivity contribution in [3.63, 3.8) is 0 Å². The van der Waals surface area contributed by atoms with Crippen LogP contribution in [-0.4, -0.2) is 24.7 Å². The van der Waals surface area contributed by atoms with Crippen LogP contribution in [0, 0.1) is 5.82 Å². The minimum absolute atomic E-state index is 0.227. The second kappa shape index (κ2) is 8.97. The van der Waals surface area contributed by atoms with Gasteiger partial charge in [0.25, 0.3) is 0 Å². The molecule has 1 aromatic heterocycles. The molecular weight excluding hydrogens is 337 g/mol. The summed E-state index contributed by atoms with van der Waals surface area (Å²) in [4.78, 5) is 1.55. The topological polar surface area (TPSA) is 41.6 Å². The maximum absolute atomic E-state index is 12.9. The summed E-state index contributed by atoms with van der Waals surface area (Å²) in [5.41, 5.74) is 0.995. The molecule has 0 amide bonds. The van der Waals surface area contributed by atoms with E-state index in [1.54, 1.807) is 23.3 Å². The SMILES string of the molecule is Fc1ccc(CNC(=S)NC[C@@H](c2ccco2)[NH+]2CCCCC2)cc1. The van der Waals surface area contributed by atoms with Gasteiger partial charge in [-0.3, -0.25) is 0 Å². The third-order valence-electron chi connectivity index (χ3n) is 4.71. The fourth-order valence-electron chi connectivity index (χ4n) is 3.33. The molecule has 0 radical (unpaired) electrons. The van der Waals surface area contributed by atoms with Crippen LogP contribution < -0.4 is 15.5 Å². The van der Waals surface area contributed by atoms with Gasteiger partial charge in [-0.05, 0) is 61.3 Å². The number of hydrogen-bond acceptors (Lipinski definition) is 2. The van der Waals surface area contributed by atoms with E-state index in [4.69, 9.17) is 16.6 Å². The van der Waals surface area contributed by atoms with Gasteiger partial charge in [-0.2, -0.15) is 0 Å². The van der Waals surface area contributed by atoms with E-state index in [2.05, 4.69) is 10.6 Å². The first-order valence-corrected chi connectivity index (χ1v) is 9.27. The summed E-state index contributed by atoms with van der Waals surface area (Å²) in [5, 5.41) is 7.10. The molecule has 1 saturated heterocycles. The molecule has 3 N–H and O–H groups in total. The average molecular weight is 362 g/mol. The highest BCUT2D eigenvalue weighted by molar-refractivity contribution is 7.80. The molecule has 0 unspecified atom stereocenters. The summed E-state index contributed by atoms with van der Waals surface area (Å²) in [5.74, 6) is 0.779. The number of likely N-dealkylation sites (tertiary alicyclic amines) is 1. The highest BCUT2D eigenvalue weighted by atomic mass is 32.1. The van der Waals surface area contributed by atoms with Crippen LogP contribution in [0.4, 0.5) is 4.39 Å². The Labute approximate surface area is 153 Å². The molecule has 0 saturated carbocycles. The van der Waals surface area contributed by atoms with Crippen LogP contribution in [0.25, 0.3) is 0 Å². The van der Waals surface area contributed by atoms with Crippen molar-refractivity contribution in [1.82, 2.24) is 10.6 Å². The summed E-state index contributed by atoms with van der Waals surface area (Å²) >= 11 is 5.39. The molecule has 25 heavy (non-hydrogen) atoms. The van der Waals surface area contributed by atoms with Gasteiger partial charge in [0, 0.05) is 6.54 Å². The highest BCUT2D eigenvalue weighted by Gasteiger charge is 2.28. The predicted octanol–water partition coefficient (Wildman–Crippen LogP) is 2.19. The van der Waals surface area contributed by atoms with E-state index in [0.29, 0.717) is 11.7 Å². The lowest BCUT2D eigenvalue weighted by Crippen LogP contribution is -3.13. The molecule has 1 aliphatic rings. The van der Waals surface area contributed by atoms with E-state index in [1.807, 2.05) is 12.1 Å². The first-order chi connectivity index (χ1) is 12.2. The van der Waals surface area contributed by atoms with E-state index in [0.717, 1.165) is 17.9 Å². The molecule has 0 spiro atoms. The van der Waals surface area contributed by atoms with Crippen LogP contribution in [0.2, 0.25) is 0 Å². The Morgan fingerprint density at radius 2 is 1.88 bits per heavy atom. The van der Waals surface area contributed by atoms with E-state index in [1.165, 1.54) is 44.5 Å². The Morgan fingerprint density at radius 3 is 2.56 bits per heavy atom. The van der Waals surface area contributed by atoms with Crippen LogP contribution in [0.1, 0.15) is 36.6 Å². The third-order valence-corrected chi connectivity index (χ3v) is 5.00. The minimum atomic E-state index is -0.227. The molecule has 2 heterocycles. The lowest BCUT2D eigenvalue weighted by Gasteiger charge is -2.30. The molecule has 1 aromatic carbocycles. The van der Waals surface area contributed by atoms with Crippen LogP contribution in [0.5, 0.6) is 0 Å². The molecule has 134 valence electrons. The van der Waals surface area contributed by atoms with Crippen molar-refractivity contribution in [2.45, 2.75) is 31.8 Å². The number of nitrogens with one attached hydrogen (secondary N) is 3.